The van der Waals surface area contributed by atoms with Gasteiger partial charge in [0.15, 0.2) is 0 Å². The van der Waals surface area contributed by atoms with E-state index in [-0.39, 0.29) is 0 Å². The van der Waals surface area contributed by atoms with E-state index in [2.05, 4.69) is 48.0 Å². The summed E-state index contributed by atoms with van der Waals surface area (Å²) in [5.41, 5.74) is 6.84. The molecule has 1 aliphatic rings. The molecule has 0 heterocycles. The molecule has 2 N–H and O–H groups in total. The van der Waals surface area contributed by atoms with Crippen LogP contribution in [0.25, 0.3) is 0 Å². The number of nitrogens with two attached hydrogens (primary N) is 1. The van der Waals surface area contributed by atoms with E-state index >= 15 is 0 Å². The van der Waals surface area contributed by atoms with Crippen molar-refractivity contribution in [1.82, 2.24) is 0 Å². The highest BCUT2D eigenvalue weighted by molar-refractivity contribution is 9.10. The third-order valence-corrected chi connectivity index (χ3v) is 4.89. The van der Waals surface area contributed by atoms with Gasteiger partial charge in [-0.15, -0.1) is 0 Å². The monoisotopic (exact) mass is 325 g/mol. The summed E-state index contributed by atoms with van der Waals surface area (Å²) >= 11 is 3.61. The maximum Gasteiger partial charge on any atom is 0.133 e. The first-order chi connectivity index (χ1) is 9.10. The summed E-state index contributed by atoms with van der Waals surface area (Å²) in [6, 6.07) is 6.30. The van der Waals surface area contributed by atoms with Crippen molar-refractivity contribution in [2.45, 2.75) is 45.6 Å². The molecule has 2 nitrogen and oxygen atoms in total. The third kappa shape index (κ3) is 3.96. The van der Waals surface area contributed by atoms with Crippen molar-refractivity contribution in [3.63, 3.8) is 0 Å². The lowest BCUT2D eigenvalue weighted by Crippen LogP contribution is -2.28. The van der Waals surface area contributed by atoms with Crippen molar-refractivity contribution in [1.29, 1.82) is 0 Å². The highest BCUT2D eigenvalue weighted by Gasteiger charge is 2.26. The average Bonchev–Trinajstić information content (AvgIpc) is 2.37. The fraction of sp³-hybridized carbons (Fsp3) is 0.625. The quantitative estimate of drug-likeness (QED) is 0.902. The summed E-state index contributed by atoms with van der Waals surface area (Å²) in [5, 5.41) is 0. The highest BCUT2D eigenvalue weighted by Crippen LogP contribution is 2.34. The van der Waals surface area contributed by atoms with Crippen molar-refractivity contribution >= 4 is 15.9 Å². The molecular weight excluding hydrogens is 302 g/mol. The molecule has 3 atom stereocenters. The predicted octanol–water partition coefficient (Wildman–Crippen LogP) is 4.15. The number of halogens is 1. The minimum absolute atomic E-state index is 0.364. The van der Waals surface area contributed by atoms with E-state index < -0.39 is 0 Å². The smallest absolute Gasteiger partial charge is 0.133 e. The second kappa shape index (κ2) is 6.76. The molecule has 19 heavy (non-hydrogen) atoms. The molecule has 0 saturated heterocycles. The van der Waals surface area contributed by atoms with Gasteiger partial charge in [0.05, 0.1) is 10.6 Å². The van der Waals surface area contributed by atoms with Gasteiger partial charge in [-0.05, 0) is 77.7 Å². The van der Waals surface area contributed by atoms with Crippen molar-refractivity contribution < 1.29 is 4.74 Å². The molecule has 1 aromatic rings. The largest absolute Gasteiger partial charge is 0.489 e. The molecule has 0 aliphatic heterocycles. The van der Waals surface area contributed by atoms with Crippen LogP contribution in [0, 0.1) is 11.8 Å². The topological polar surface area (TPSA) is 35.2 Å². The van der Waals surface area contributed by atoms with E-state index in [1.807, 2.05) is 0 Å². The van der Waals surface area contributed by atoms with Crippen molar-refractivity contribution in [3.05, 3.63) is 28.2 Å². The normalized spacial score (nSPS) is 27.3. The molecule has 0 radical (unpaired) electrons. The van der Waals surface area contributed by atoms with E-state index in [1.165, 1.54) is 18.4 Å². The highest BCUT2D eigenvalue weighted by atomic mass is 79.9. The summed E-state index contributed by atoms with van der Waals surface area (Å²) in [7, 11) is 0. The molecular formula is C16H24BrNO. The van der Waals surface area contributed by atoms with E-state index in [4.69, 9.17) is 10.5 Å². The fourth-order valence-corrected chi connectivity index (χ4v) is 3.27. The van der Waals surface area contributed by atoms with Crippen LogP contribution in [0.1, 0.15) is 38.7 Å². The second-order valence-corrected chi connectivity index (χ2v) is 6.67. The Labute approximate surface area is 124 Å². The van der Waals surface area contributed by atoms with E-state index in [0.717, 1.165) is 34.9 Å². The first-order valence-corrected chi connectivity index (χ1v) is 8.04. The molecule has 1 aliphatic carbocycles. The Balaban J connectivity index is 1.99. The minimum atomic E-state index is 0.364. The summed E-state index contributed by atoms with van der Waals surface area (Å²) in [6.07, 6.45) is 4.88. The zero-order chi connectivity index (χ0) is 13.8. The number of benzene rings is 1. The SMILES string of the molecule is CC1CCC(Oc2ccc(CCN)cc2Br)CC1C. The number of hydrogen-bond donors (Lipinski definition) is 1. The maximum absolute atomic E-state index is 6.16. The molecule has 3 heteroatoms. The lowest BCUT2D eigenvalue weighted by molar-refractivity contribution is 0.0999. The maximum atomic E-state index is 6.16. The Morgan fingerprint density at radius 1 is 1.26 bits per heavy atom. The average molecular weight is 326 g/mol. The Kier molecular flexibility index (Phi) is 5.28. The van der Waals surface area contributed by atoms with Gasteiger partial charge in [-0.1, -0.05) is 19.9 Å². The standard InChI is InChI=1S/C16H24BrNO/c1-11-3-5-14(9-12(11)2)19-16-6-4-13(7-8-18)10-15(16)17/h4,6,10-12,14H,3,5,7-9,18H2,1-2H3. The zero-order valence-corrected chi connectivity index (χ0v) is 13.4. The zero-order valence-electron chi connectivity index (χ0n) is 11.9. The van der Waals surface area contributed by atoms with Crippen LogP contribution < -0.4 is 10.5 Å². The summed E-state index contributed by atoms with van der Waals surface area (Å²) < 4.78 is 7.21. The van der Waals surface area contributed by atoms with Gasteiger partial charge < -0.3 is 10.5 Å². The minimum Gasteiger partial charge on any atom is -0.489 e. The van der Waals surface area contributed by atoms with Gasteiger partial charge >= 0.3 is 0 Å². The van der Waals surface area contributed by atoms with E-state index in [1.54, 1.807) is 0 Å². The Bertz CT molecular complexity index is 421. The van der Waals surface area contributed by atoms with E-state index in [9.17, 15) is 0 Å². The fourth-order valence-electron chi connectivity index (χ4n) is 2.75. The first kappa shape index (κ1) is 14.9. The number of ether oxygens (including phenoxy) is 1. The molecule has 0 bridgehead atoms. The molecule has 1 aromatic carbocycles. The second-order valence-electron chi connectivity index (χ2n) is 5.81. The van der Waals surface area contributed by atoms with Crippen LogP contribution in [-0.2, 0) is 6.42 Å². The van der Waals surface area contributed by atoms with E-state index in [0.29, 0.717) is 12.6 Å². The van der Waals surface area contributed by atoms with Crippen LogP contribution in [0.3, 0.4) is 0 Å². The molecule has 0 aromatic heterocycles. The molecule has 0 spiro atoms. The predicted molar refractivity (Wildman–Crippen MR) is 83.5 cm³/mol. The number of rotatable bonds is 4. The lowest BCUT2D eigenvalue weighted by Gasteiger charge is -2.32. The van der Waals surface area contributed by atoms with Crippen LogP contribution in [0.5, 0.6) is 5.75 Å². The third-order valence-electron chi connectivity index (χ3n) is 4.27. The molecule has 3 unspecified atom stereocenters. The van der Waals surface area contributed by atoms with Crippen LogP contribution in [0.2, 0.25) is 0 Å². The molecule has 106 valence electrons. The molecule has 0 amide bonds. The Hall–Kier alpha value is -0.540. The van der Waals surface area contributed by atoms with Crippen molar-refractivity contribution in [2.24, 2.45) is 17.6 Å². The van der Waals surface area contributed by atoms with Crippen LogP contribution in [0.15, 0.2) is 22.7 Å². The van der Waals surface area contributed by atoms with Gasteiger partial charge in [0.2, 0.25) is 0 Å². The molecule has 2 rings (SSSR count). The summed E-state index contributed by atoms with van der Waals surface area (Å²) in [5.74, 6) is 2.55. The van der Waals surface area contributed by atoms with Crippen LogP contribution in [-0.4, -0.2) is 12.6 Å². The molecule has 1 fully saturated rings. The van der Waals surface area contributed by atoms with Gasteiger partial charge in [-0.3, -0.25) is 0 Å². The Morgan fingerprint density at radius 3 is 2.68 bits per heavy atom. The Morgan fingerprint density at radius 2 is 2.05 bits per heavy atom. The van der Waals surface area contributed by atoms with Crippen molar-refractivity contribution in [3.8, 4) is 5.75 Å². The summed E-state index contributed by atoms with van der Waals surface area (Å²) in [4.78, 5) is 0. The first-order valence-electron chi connectivity index (χ1n) is 7.25. The van der Waals surface area contributed by atoms with Gasteiger partial charge in [0, 0.05) is 0 Å². The summed E-state index contributed by atoms with van der Waals surface area (Å²) in [6.45, 7) is 5.36. The van der Waals surface area contributed by atoms with Gasteiger partial charge in [-0.25, -0.2) is 0 Å². The van der Waals surface area contributed by atoms with Crippen LogP contribution >= 0.6 is 15.9 Å². The van der Waals surface area contributed by atoms with Gasteiger partial charge in [0.1, 0.15) is 5.75 Å². The van der Waals surface area contributed by atoms with Crippen molar-refractivity contribution in [2.75, 3.05) is 6.54 Å². The van der Waals surface area contributed by atoms with Crippen LogP contribution in [0.4, 0.5) is 0 Å². The lowest BCUT2D eigenvalue weighted by atomic mass is 9.80. The van der Waals surface area contributed by atoms with Gasteiger partial charge in [0.25, 0.3) is 0 Å². The molecule has 1 saturated carbocycles. The number of hydrogen-bond acceptors (Lipinski definition) is 2. The van der Waals surface area contributed by atoms with Gasteiger partial charge in [-0.2, -0.15) is 0 Å².